The van der Waals surface area contributed by atoms with Gasteiger partial charge in [-0.05, 0) is 42.4 Å². The molecule has 0 aliphatic heterocycles. The van der Waals surface area contributed by atoms with Crippen molar-refractivity contribution < 1.29 is 27.8 Å². The molecule has 0 fully saturated rings. The lowest BCUT2D eigenvalue weighted by Gasteiger charge is -2.13. The Bertz CT molecular complexity index is 1090. The topological polar surface area (TPSA) is 186 Å². The number of amidine groups is 1. The summed E-state index contributed by atoms with van der Waals surface area (Å²) in [5.41, 5.74) is 2.01. The van der Waals surface area contributed by atoms with Crippen LogP contribution in [-0.2, 0) is 10.0 Å². The number of rotatable bonds is 10. The summed E-state index contributed by atoms with van der Waals surface area (Å²) in [5, 5.41) is 31.9. The van der Waals surface area contributed by atoms with Gasteiger partial charge in [0, 0.05) is 13.1 Å². The number of nitrogens with one attached hydrogen (secondary N) is 4. The number of nitrogens with zero attached hydrogens (tertiary/aromatic N) is 4. The van der Waals surface area contributed by atoms with Crippen molar-refractivity contribution in [1.82, 2.24) is 25.8 Å². The van der Waals surface area contributed by atoms with E-state index in [1.54, 1.807) is 0 Å². The van der Waals surface area contributed by atoms with Gasteiger partial charge in [-0.15, -0.1) is 0 Å². The number of hydrogen-bond donors (Lipinski definition) is 6. The van der Waals surface area contributed by atoms with Crippen molar-refractivity contribution in [2.24, 2.45) is 9.98 Å². The molecular weight excluding hydrogens is 458 g/mol. The number of aliphatic hydroxyl groups excluding tert-OH is 1. The maximum absolute atomic E-state index is 13.3. The Hall–Kier alpha value is -3.24. The summed E-state index contributed by atoms with van der Waals surface area (Å²) in [6.07, 6.45) is -0.755. The zero-order chi connectivity index (χ0) is 24.4. The van der Waals surface area contributed by atoms with Crippen LogP contribution >= 0.6 is 0 Å². The van der Waals surface area contributed by atoms with Crippen LogP contribution in [0.3, 0.4) is 0 Å². The molecule has 2 radical (unpaired) electrons. The Morgan fingerprint density at radius 2 is 2.09 bits per heavy atom. The molecule has 2 aromatic rings. The van der Waals surface area contributed by atoms with Crippen molar-refractivity contribution >= 4 is 46.6 Å². The van der Waals surface area contributed by atoms with E-state index >= 15 is 0 Å². The van der Waals surface area contributed by atoms with Crippen molar-refractivity contribution in [3.05, 3.63) is 29.7 Å². The van der Waals surface area contributed by atoms with Crippen molar-refractivity contribution in [2.75, 3.05) is 30.7 Å². The molecule has 13 nitrogen and oxygen atoms in total. The van der Waals surface area contributed by atoms with E-state index in [9.17, 15) is 23.1 Å². The van der Waals surface area contributed by atoms with Crippen molar-refractivity contribution in [1.29, 1.82) is 0 Å². The smallest absolute Gasteiger partial charge is 0.234 e. The average molecular weight is 482 g/mol. The Morgan fingerprint density at radius 1 is 1.33 bits per heavy atom. The number of guanidine groups is 1. The molecule has 0 spiro atoms. The molecule has 33 heavy (non-hydrogen) atoms. The van der Waals surface area contributed by atoms with Gasteiger partial charge in [-0.1, -0.05) is 5.46 Å². The summed E-state index contributed by atoms with van der Waals surface area (Å²) in [4.78, 5) is 8.10. The lowest BCUT2D eigenvalue weighted by Crippen LogP contribution is -2.43. The van der Waals surface area contributed by atoms with E-state index in [0.29, 0.717) is 0 Å². The molecule has 0 aliphatic rings. The largest absolute Gasteiger partial charge is 0.391 e. The second kappa shape index (κ2) is 12.1. The molecule has 1 heterocycles. The Balaban J connectivity index is 2.05. The van der Waals surface area contributed by atoms with Gasteiger partial charge in [0.25, 0.3) is 0 Å². The van der Waals surface area contributed by atoms with Gasteiger partial charge in [0.15, 0.2) is 11.5 Å². The molecule has 0 amide bonds. The Kier molecular flexibility index (Phi) is 9.56. The van der Waals surface area contributed by atoms with Gasteiger partial charge in [0.05, 0.1) is 24.1 Å². The first-order chi connectivity index (χ1) is 15.6. The SMILES string of the molecule is [B]c1cc(N=C(NO)c2nonc2NCCNC(=NC[C@@H](C)O)NS(=O)(=O)CC)ccc1F. The first-order valence-electron chi connectivity index (χ1n) is 9.72. The van der Waals surface area contributed by atoms with E-state index in [1.807, 2.05) is 5.48 Å². The summed E-state index contributed by atoms with van der Waals surface area (Å²) in [5.74, 6) is -0.810. The number of hydroxylamine groups is 1. The van der Waals surface area contributed by atoms with Gasteiger partial charge in [-0.3, -0.25) is 15.4 Å². The molecule has 0 unspecified atom stereocenters. The second-order valence-corrected chi connectivity index (χ2v) is 8.65. The summed E-state index contributed by atoms with van der Waals surface area (Å²) in [6.45, 7) is 3.37. The fourth-order valence-electron chi connectivity index (χ4n) is 2.25. The zero-order valence-corrected chi connectivity index (χ0v) is 18.7. The molecule has 178 valence electrons. The van der Waals surface area contributed by atoms with Crippen molar-refractivity contribution in [3.63, 3.8) is 0 Å². The van der Waals surface area contributed by atoms with Gasteiger partial charge in [-0.25, -0.2) is 27.4 Å². The van der Waals surface area contributed by atoms with Gasteiger partial charge in [0.2, 0.25) is 21.8 Å². The summed E-state index contributed by atoms with van der Waals surface area (Å²) in [7, 11) is 1.95. The molecule has 2 rings (SSSR count). The minimum Gasteiger partial charge on any atom is -0.391 e. The molecular formula is C17H24BFN8O5S. The second-order valence-electron chi connectivity index (χ2n) is 6.64. The average Bonchev–Trinajstić information content (AvgIpc) is 3.23. The number of anilines is 1. The van der Waals surface area contributed by atoms with Gasteiger partial charge >= 0.3 is 0 Å². The van der Waals surface area contributed by atoms with Gasteiger partial charge in [-0.2, -0.15) is 0 Å². The van der Waals surface area contributed by atoms with Crippen LogP contribution in [0, 0.1) is 5.82 Å². The van der Waals surface area contributed by atoms with E-state index in [2.05, 4.69) is 40.3 Å². The van der Waals surface area contributed by atoms with Crippen LogP contribution in [0.1, 0.15) is 19.5 Å². The van der Waals surface area contributed by atoms with Crippen molar-refractivity contribution in [3.8, 4) is 0 Å². The molecule has 1 atom stereocenters. The molecule has 0 bridgehead atoms. The maximum atomic E-state index is 13.3. The predicted octanol–water partition coefficient (Wildman–Crippen LogP) is -1.26. The van der Waals surface area contributed by atoms with Crippen LogP contribution in [0.15, 0.2) is 32.8 Å². The molecule has 0 saturated heterocycles. The number of halogens is 1. The first-order valence-corrected chi connectivity index (χ1v) is 11.4. The number of hydrogen-bond acceptors (Lipinski definition) is 10. The summed E-state index contributed by atoms with van der Waals surface area (Å²) < 4.78 is 43.9. The third-order valence-corrected chi connectivity index (χ3v) is 5.16. The first kappa shape index (κ1) is 26.0. The number of benzene rings is 1. The fraction of sp³-hybridized carbons (Fsp3) is 0.412. The van der Waals surface area contributed by atoms with E-state index < -0.39 is 21.9 Å². The van der Waals surface area contributed by atoms with Crippen molar-refractivity contribution in [2.45, 2.75) is 20.0 Å². The Labute approximate surface area is 191 Å². The van der Waals surface area contributed by atoms with Crippen LogP contribution in [0.2, 0.25) is 0 Å². The molecule has 6 N–H and O–H groups in total. The minimum absolute atomic E-state index is 0.00472. The maximum Gasteiger partial charge on any atom is 0.234 e. The summed E-state index contributed by atoms with van der Waals surface area (Å²) >= 11 is 0. The number of sulfonamides is 1. The van der Waals surface area contributed by atoms with Crippen LogP contribution < -0.4 is 26.3 Å². The monoisotopic (exact) mass is 482 g/mol. The zero-order valence-electron chi connectivity index (χ0n) is 17.9. The van der Waals surface area contributed by atoms with E-state index in [4.69, 9.17) is 7.85 Å². The quantitative estimate of drug-likeness (QED) is 0.0785. The molecule has 16 heteroatoms. The van der Waals surface area contributed by atoms with Crippen LogP contribution in [-0.4, -0.2) is 80.2 Å². The predicted molar refractivity (Wildman–Crippen MR) is 120 cm³/mol. The molecule has 1 aromatic carbocycles. The van der Waals surface area contributed by atoms with E-state index in [1.165, 1.54) is 26.0 Å². The third kappa shape index (κ3) is 8.32. The molecule has 0 saturated carbocycles. The minimum atomic E-state index is -3.57. The van der Waals surface area contributed by atoms with Gasteiger partial charge < -0.3 is 15.7 Å². The highest BCUT2D eigenvalue weighted by atomic mass is 32.2. The number of aromatic nitrogens is 2. The third-order valence-electron chi connectivity index (χ3n) is 3.89. The lowest BCUT2D eigenvalue weighted by molar-refractivity contribution is 0.204. The number of aliphatic imine (C=N–C) groups is 2. The highest BCUT2D eigenvalue weighted by molar-refractivity contribution is 7.90. The van der Waals surface area contributed by atoms with E-state index in [0.717, 1.165) is 6.07 Å². The normalized spacial score (nSPS) is 13.5. The lowest BCUT2D eigenvalue weighted by atomic mass is 9.95. The van der Waals surface area contributed by atoms with Crippen LogP contribution in [0.25, 0.3) is 0 Å². The number of aliphatic hydroxyl groups is 1. The molecule has 1 aromatic heterocycles. The molecule has 0 aliphatic carbocycles. The fourth-order valence-corrected chi connectivity index (χ4v) is 2.83. The van der Waals surface area contributed by atoms with E-state index in [-0.39, 0.29) is 59.8 Å². The highest BCUT2D eigenvalue weighted by Crippen LogP contribution is 2.15. The highest BCUT2D eigenvalue weighted by Gasteiger charge is 2.17. The summed E-state index contributed by atoms with van der Waals surface area (Å²) in [6, 6.07) is 3.74. The van der Waals surface area contributed by atoms with Crippen LogP contribution in [0.4, 0.5) is 15.9 Å². The van der Waals surface area contributed by atoms with Crippen LogP contribution in [0.5, 0.6) is 0 Å². The standard InChI is InChI=1S/C17H24BFN8O5S/c1-3-33(30,31)27-17(22-9-10(2)28)21-7-6-20-15-14(25-32-26-15)16(24-29)23-11-4-5-13(19)12(18)8-11/h4-5,8,10,28-29H,3,6-7,9H2,1-2H3,(H,20,26)(H,23,24)(H2,21,22,27)/t10-/m1/s1. The Morgan fingerprint density at radius 3 is 2.73 bits per heavy atom. The van der Waals surface area contributed by atoms with Gasteiger partial charge in [0.1, 0.15) is 13.7 Å².